The van der Waals surface area contributed by atoms with Gasteiger partial charge in [-0.2, -0.15) is 0 Å². The van der Waals surface area contributed by atoms with Crippen molar-refractivity contribution in [2.24, 2.45) is 0 Å². The molecule has 0 amide bonds. The molecule has 4 nitrogen and oxygen atoms in total. The Kier molecular flexibility index (Phi) is 10.1. The molecular weight excluding hydrogens is 308 g/mol. The third-order valence-electron chi connectivity index (χ3n) is 3.67. The number of esters is 1. The Morgan fingerprint density at radius 1 is 1.04 bits per heavy atom. The first kappa shape index (κ1) is 21.9. The van der Waals surface area contributed by atoms with Crippen LogP contribution in [-0.4, -0.2) is 32.9 Å². The summed E-state index contributed by atoms with van der Waals surface area (Å²) < 4.78 is 5.63. The first-order valence-corrected chi connectivity index (χ1v) is 9.72. The highest BCUT2D eigenvalue weighted by Crippen LogP contribution is 2.36. The molecule has 0 aliphatic heterocycles. The van der Waals surface area contributed by atoms with Gasteiger partial charge in [0, 0.05) is 22.4 Å². The minimum Gasteiger partial charge on any atom is -0.478 e. The van der Waals surface area contributed by atoms with Crippen LogP contribution in [0, 0.1) is 0 Å². The number of hydrogen-bond donors (Lipinski definition) is 1. The molecule has 0 bridgehead atoms. The minimum absolute atomic E-state index is 0.174. The van der Waals surface area contributed by atoms with Crippen molar-refractivity contribution in [2.75, 3.05) is 0 Å². The molecule has 0 rings (SSSR count). The monoisotopic (exact) mass is 342 g/mol. The van der Waals surface area contributed by atoms with Gasteiger partial charge in [0.2, 0.25) is 0 Å². The summed E-state index contributed by atoms with van der Waals surface area (Å²) in [4.78, 5) is 22.4. The number of carbonyl (C=O) groups is 2. The van der Waals surface area contributed by atoms with Crippen molar-refractivity contribution in [3.63, 3.8) is 0 Å². The lowest BCUT2D eigenvalue weighted by atomic mass is 9.88. The molecule has 134 valence electrons. The van der Waals surface area contributed by atoms with Crippen LogP contribution in [0.2, 0.25) is 5.04 Å². The number of unbranched alkanes of at least 4 members (excludes halogenated alkanes) is 5. The van der Waals surface area contributed by atoms with Crippen molar-refractivity contribution in [1.29, 1.82) is 0 Å². The maximum atomic E-state index is 11.9. The lowest BCUT2D eigenvalue weighted by molar-refractivity contribution is -0.154. The van der Waals surface area contributed by atoms with Crippen molar-refractivity contribution in [3.05, 3.63) is 12.2 Å². The van der Waals surface area contributed by atoms with E-state index in [1.165, 1.54) is 25.7 Å². The summed E-state index contributed by atoms with van der Waals surface area (Å²) in [6.07, 6.45) is 10.7. The molecule has 1 unspecified atom stereocenters. The van der Waals surface area contributed by atoms with E-state index >= 15 is 0 Å². The Balaban J connectivity index is 4.57. The van der Waals surface area contributed by atoms with Crippen LogP contribution in [0.5, 0.6) is 0 Å². The molecule has 23 heavy (non-hydrogen) atoms. The van der Waals surface area contributed by atoms with Gasteiger partial charge in [0.15, 0.2) is 0 Å². The zero-order valence-corrected chi connectivity index (χ0v) is 17.5. The predicted octanol–water partition coefficient (Wildman–Crippen LogP) is 3.63. The van der Waals surface area contributed by atoms with Crippen molar-refractivity contribution in [2.45, 2.75) is 89.7 Å². The van der Waals surface area contributed by atoms with E-state index < -0.39 is 17.5 Å². The summed E-state index contributed by atoms with van der Waals surface area (Å²) in [5.74, 6) is -1.70. The second kappa shape index (κ2) is 10.6. The molecule has 0 heterocycles. The molecule has 0 aliphatic rings. The quantitative estimate of drug-likeness (QED) is 0.254. The maximum Gasteiger partial charge on any atom is 0.331 e. The van der Waals surface area contributed by atoms with Gasteiger partial charge >= 0.3 is 11.9 Å². The Labute approximate surface area is 144 Å². The summed E-state index contributed by atoms with van der Waals surface area (Å²) in [7, 11) is 1.02. The fourth-order valence-electron chi connectivity index (χ4n) is 2.99. The van der Waals surface area contributed by atoms with Gasteiger partial charge < -0.3 is 9.84 Å². The molecule has 1 atom stereocenters. The highest BCUT2D eigenvalue weighted by Gasteiger charge is 2.32. The predicted molar refractivity (Wildman–Crippen MR) is 97.9 cm³/mol. The standard InChI is InChI=1S/C18H34O4Si/c1-5-6-7-8-9-10-13-18(4,14-17(2,3)23)22-16(21)12-11-15(19)20/h11-12H,5-10,13-14H2,1-4,23H3,(H,19,20)/b12-11+. The van der Waals surface area contributed by atoms with Gasteiger partial charge in [-0.25, -0.2) is 9.59 Å². The number of aliphatic carboxylic acids is 1. The number of carboxylic acid groups (broad SMARTS) is 1. The van der Waals surface area contributed by atoms with E-state index in [2.05, 4.69) is 20.8 Å². The van der Waals surface area contributed by atoms with Crippen LogP contribution in [0.1, 0.15) is 79.1 Å². The van der Waals surface area contributed by atoms with E-state index in [4.69, 9.17) is 9.84 Å². The molecule has 0 saturated heterocycles. The van der Waals surface area contributed by atoms with Crippen LogP contribution in [-0.2, 0) is 14.3 Å². The van der Waals surface area contributed by atoms with Gasteiger partial charge in [0.1, 0.15) is 5.60 Å². The zero-order valence-electron chi connectivity index (χ0n) is 15.5. The van der Waals surface area contributed by atoms with Gasteiger partial charge in [-0.1, -0.05) is 52.9 Å². The molecule has 1 N–H and O–H groups in total. The molecule has 0 saturated carbocycles. The summed E-state index contributed by atoms with van der Waals surface area (Å²) in [5.41, 5.74) is -0.518. The fourth-order valence-corrected chi connectivity index (χ4v) is 3.74. The highest BCUT2D eigenvalue weighted by molar-refractivity contribution is 6.14. The average molecular weight is 343 g/mol. The molecule has 0 fully saturated rings. The van der Waals surface area contributed by atoms with E-state index in [0.29, 0.717) is 0 Å². The van der Waals surface area contributed by atoms with Crippen molar-refractivity contribution >= 4 is 22.2 Å². The van der Waals surface area contributed by atoms with E-state index in [1.807, 2.05) is 6.92 Å². The van der Waals surface area contributed by atoms with Crippen molar-refractivity contribution < 1.29 is 19.4 Å². The van der Waals surface area contributed by atoms with E-state index in [0.717, 1.165) is 48.1 Å². The Bertz CT molecular complexity index is 398. The van der Waals surface area contributed by atoms with Gasteiger partial charge in [0.25, 0.3) is 0 Å². The first-order chi connectivity index (χ1) is 10.6. The number of hydrogen-bond acceptors (Lipinski definition) is 3. The molecule has 0 aromatic heterocycles. The lowest BCUT2D eigenvalue weighted by Gasteiger charge is -2.35. The van der Waals surface area contributed by atoms with Gasteiger partial charge in [-0.15, -0.1) is 0 Å². The second-order valence-corrected chi connectivity index (χ2v) is 10.5. The van der Waals surface area contributed by atoms with Gasteiger partial charge in [-0.05, 0) is 31.2 Å². The van der Waals surface area contributed by atoms with Gasteiger partial charge in [0.05, 0.1) is 0 Å². The van der Waals surface area contributed by atoms with Crippen molar-refractivity contribution in [3.8, 4) is 0 Å². The fraction of sp³-hybridized carbons (Fsp3) is 0.778. The Morgan fingerprint density at radius 3 is 2.13 bits per heavy atom. The summed E-state index contributed by atoms with van der Waals surface area (Å²) in [6.45, 7) is 8.54. The van der Waals surface area contributed by atoms with Crippen LogP contribution < -0.4 is 0 Å². The second-order valence-electron chi connectivity index (χ2n) is 7.80. The third-order valence-corrected chi connectivity index (χ3v) is 4.03. The smallest absolute Gasteiger partial charge is 0.331 e. The average Bonchev–Trinajstić information content (AvgIpc) is 2.38. The number of rotatable bonds is 12. The van der Waals surface area contributed by atoms with Crippen LogP contribution in [0.4, 0.5) is 0 Å². The maximum absolute atomic E-state index is 11.9. The minimum atomic E-state index is -1.14. The van der Waals surface area contributed by atoms with E-state index in [-0.39, 0.29) is 5.04 Å². The van der Waals surface area contributed by atoms with E-state index in [9.17, 15) is 9.59 Å². The normalized spacial score (nSPS) is 14.8. The van der Waals surface area contributed by atoms with E-state index in [1.54, 1.807) is 0 Å². The van der Waals surface area contributed by atoms with Crippen LogP contribution in [0.15, 0.2) is 12.2 Å². The number of carbonyl (C=O) groups excluding carboxylic acids is 1. The van der Waals surface area contributed by atoms with Crippen LogP contribution >= 0.6 is 0 Å². The summed E-state index contributed by atoms with van der Waals surface area (Å²) >= 11 is 0. The Hall–Kier alpha value is -1.10. The third kappa shape index (κ3) is 13.1. The molecule has 5 heteroatoms. The molecule has 0 aliphatic carbocycles. The van der Waals surface area contributed by atoms with Crippen LogP contribution in [0.3, 0.4) is 0 Å². The SMILES string of the molecule is CCCCCCCCC(C)(CC(C)(C)[SiH3])OC(=O)/C=C/C(=O)O. The topological polar surface area (TPSA) is 63.6 Å². The summed E-state index contributed by atoms with van der Waals surface area (Å²) in [6, 6.07) is 0. The first-order valence-electron chi connectivity index (χ1n) is 8.72. The molecular formula is C18H34O4Si. The van der Waals surface area contributed by atoms with Gasteiger partial charge in [-0.3, -0.25) is 0 Å². The molecule has 0 radical (unpaired) electrons. The molecule has 0 aromatic rings. The van der Waals surface area contributed by atoms with Crippen LogP contribution in [0.25, 0.3) is 0 Å². The number of carboxylic acids is 1. The Morgan fingerprint density at radius 2 is 1.61 bits per heavy atom. The molecule has 0 aromatic carbocycles. The summed E-state index contributed by atoms with van der Waals surface area (Å²) in [5, 5.41) is 8.78. The van der Waals surface area contributed by atoms with Crippen molar-refractivity contribution in [1.82, 2.24) is 0 Å². The largest absolute Gasteiger partial charge is 0.478 e. The number of ether oxygens (including phenoxy) is 1. The molecule has 0 spiro atoms. The highest BCUT2D eigenvalue weighted by atomic mass is 28.1. The lowest BCUT2D eigenvalue weighted by Crippen LogP contribution is -2.34. The zero-order chi connectivity index (χ0) is 17.9.